The molecule has 0 bridgehead atoms. The molecule has 4 nitrogen and oxygen atoms in total. The van der Waals surface area contributed by atoms with E-state index in [1.165, 1.54) is 36.4 Å². The molecule has 0 aliphatic rings. The minimum atomic E-state index is -2.92. The number of nitrogens with one attached hydrogen (secondary N) is 1. The number of hydrogen-bond acceptors (Lipinski definition) is 3. The van der Waals surface area contributed by atoms with E-state index in [1.54, 1.807) is 6.07 Å². The summed E-state index contributed by atoms with van der Waals surface area (Å²) in [5.41, 5.74) is 1.32. The van der Waals surface area contributed by atoms with Gasteiger partial charge in [-0.1, -0.05) is 18.2 Å². The highest BCUT2D eigenvalue weighted by Gasteiger charge is 2.08. The maximum Gasteiger partial charge on any atom is 0.387 e. The van der Waals surface area contributed by atoms with E-state index >= 15 is 0 Å². The second kappa shape index (κ2) is 8.35. The largest absolute Gasteiger partial charge is 0.435 e. The lowest BCUT2D eigenvalue weighted by Crippen LogP contribution is -2.24. The minimum absolute atomic E-state index is 0.00547. The van der Waals surface area contributed by atoms with Gasteiger partial charge in [-0.2, -0.15) is 8.78 Å². The van der Waals surface area contributed by atoms with Gasteiger partial charge < -0.3 is 15.2 Å². The van der Waals surface area contributed by atoms with Gasteiger partial charge in [-0.25, -0.2) is 4.39 Å². The molecule has 0 unspecified atom stereocenters. The van der Waals surface area contributed by atoms with Crippen LogP contribution in [0.2, 0.25) is 0 Å². The van der Waals surface area contributed by atoms with E-state index in [9.17, 15) is 18.0 Å². The molecule has 0 radical (unpaired) electrons. The summed E-state index contributed by atoms with van der Waals surface area (Å²) >= 11 is 0. The fourth-order valence-corrected chi connectivity index (χ4v) is 2.14. The normalized spacial score (nSPS) is 10.7. The first kappa shape index (κ1) is 17.8. The van der Waals surface area contributed by atoms with Crippen LogP contribution in [0.3, 0.4) is 0 Å². The molecule has 0 fully saturated rings. The molecule has 2 aromatic rings. The smallest absolute Gasteiger partial charge is 0.387 e. The van der Waals surface area contributed by atoms with Gasteiger partial charge in [0.1, 0.15) is 11.6 Å². The lowest BCUT2D eigenvalue weighted by Gasteiger charge is -2.09. The third-order valence-corrected chi connectivity index (χ3v) is 3.26. The molecule has 128 valence electrons. The number of carbonyl (C=O) groups excluding carboxylic acids is 1. The minimum Gasteiger partial charge on any atom is -0.435 e. The van der Waals surface area contributed by atoms with Crippen LogP contribution in [0.15, 0.2) is 42.5 Å². The summed E-state index contributed by atoms with van der Waals surface area (Å²) in [5, 5.41) is 11.7. The standard InChI is InChI=1S/C17H16F3NO3/c18-15-5-4-12(6-13(15)10-22)9-21-16(23)8-11-2-1-3-14(7-11)24-17(19)20/h1-7,17,22H,8-10H2,(H,21,23). The molecule has 1 amide bonds. The van der Waals surface area contributed by atoms with Crippen LogP contribution >= 0.6 is 0 Å². The van der Waals surface area contributed by atoms with Gasteiger partial charge in [-0.15, -0.1) is 0 Å². The molecule has 2 rings (SSSR count). The molecule has 0 atom stereocenters. The van der Waals surface area contributed by atoms with Crippen molar-refractivity contribution in [2.75, 3.05) is 0 Å². The van der Waals surface area contributed by atoms with Crippen molar-refractivity contribution in [2.24, 2.45) is 0 Å². The summed E-state index contributed by atoms with van der Waals surface area (Å²) in [4.78, 5) is 11.9. The van der Waals surface area contributed by atoms with E-state index in [4.69, 9.17) is 5.11 Å². The van der Waals surface area contributed by atoms with Crippen LogP contribution < -0.4 is 10.1 Å². The van der Waals surface area contributed by atoms with Crippen molar-refractivity contribution in [2.45, 2.75) is 26.2 Å². The molecule has 0 aromatic heterocycles. The highest BCUT2D eigenvalue weighted by Crippen LogP contribution is 2.16. The molecule has 7 heteroatoms. The summed E-state index contributed by atoms with van der Waals surface area (Å²) in [6, 6.07) is 10.1. The molecule has 0 aliphatic carbocycles. The topological polar surface area (TPSA) is 58.6 Å². The van der Waals surface area contributed by atoms with Gasteiger partial charge in [-0.05, 0) is 35.4 Å². The fraction of sp³-hybridized carbons (Fsp3) is 0.235. The van der Waals surface area contributed by atoms with Crippen LogP contribution in [0.25, 0.3) is 0 Å². The van der Waals surface area contributed by atoms with Gasteiger partial charge in [0.05, 0.1) is 13.0 Å². The number of rotatable bonds is 7. The Bertz CT molecular complexity index is 707. The van der Waals surface area contributed by atoms with Gasteiger partial charge in [-0.3, -0.25) is 4.79 Å². The zero-order valence-electron chi connectivity index (χ0n) is 12.6. The van der Waals surface area contributed by atoms with Gasteiger partial charge in [0, 0.05) is 12.1 Å². The van der Waals surface area contributed by atoms with E-state index in [0.29, 0.717) is 11.1 Å². The molecule has 0 saturated carbocycles. The van der Waals surface area contributed by atoms with Gasteiger partial charge in [0.2, 0.25) is 5.91 Å². The predicted molar refractivity (Wildman–Crippen MR) is 80.9 cm³/mol. The van der Waals surface area contributed by atoms with Crippen LogP contribution in [-0.4, -0.2) is 17.6 Å². The van der Waals surface area contributed by atoms with Crippen LogP contribution in [0.1, 0.15) is 16.7 Å². The number of carbonyl (C=O) groups is 1. The summed E-state index contributed by atoms with van der Waals surface area (Å²) in [5.74, 6) is -0.844. The molecule has 0 saturated heterocycles. The Morgan fingerprint density at radius 3 is 2.67 bits per heavy atom. The van der Waals surface area contributed by atoms with Gasteiger partial charge in [0.25, 0.3) is 0 Å². The lowest BCUT2D eigenvalue weighted by atomic mass is 10.1. The number of hydrogen-bond donors (Lipinski definition) is 2. The Hall–Kier alpha value is -2.54. The average molecular weight is 339 g/mol. The molecule has 24 heavy (non-hydrogen) atoms. The number of alkyl halides is 2. The molecule has 2 N–H and O–H groups in total. The highest BCUT2D eigenvalue weighted by atomic mass is 19.3. The number of aliphatic hydroxyl groups excluding tert-OH is 1. The van der Waals surface area contributed by atoms with E-state index in [1.807, 2.05) is 0 Å². The fourth-order valence-electron chi connectivity index (χ4n) is 2.14. The molecule has 0 aliphatic heterocycles. The van der Waals surface area contributed by atoms with Crippen LogP contribution in [-0.2, 0) is 24.4 Å². The Kier molecular flexibility index (Phi) is 6.20. The Balaban J connectivity index is 1.91. The van der Waals surface area contributed by atoms with Gasteiger partial charge >= 0.3 is 6.61 Å². The zero-order chi connectivity index (χ0) is 17.5. The number of amides is 1. The maximum atomic E-state index is 13.3. The first-order chi connectivity index (χ1) is 11.5. The Labute approximate surface area is 136 Å². The summed E-state index contributed by atoms with van der Waals surface area (Å²) in [6.07, 6.45) is -0.00547. The molecular formula is C17H16F3NO3. The van der Waals surface area contributed by atoms with E-state index in [0.717, 1.165) is 0 Å². The first-order valence-corrected chi connectivity index (χ1v) is 7.16. The number of aliphatic hydroxyl groups is 1. The van der Waals surface area contributed by atoms with Crippen LogP contribution in [0.5, 0.6) is 5.75 Å². The van der Waals surface area contributed by atoms with E-state index < -0.39 is 19.0 Å². The van der Waals surface area contributed by atoms with Crippen LogP contribution in [0, 0.1) is 5.82 Å². The van der Waals surface area contributed by atoms with Crippen molar-refractivity contribution in [1.82, 2.24) is 5.32 Å². The SMILES string of the molecule is O=C(Cc1cccc(OC(F)F)c1)NCc1ccc(F)c(CO)c1. The predicted octanol–water partition coefficient (Wildman–Crippen LogP) is 2.78. The monoisotopic (exact) mass is 339 g/mol. The quantitative estimate of drug-likeness (QED) is 0.816. The highest BCUT2D eigenvalue weighted by molar-refractivity contribution is 5.78. The molecule has 0 spiro atoms. The summed E-state index contributed by atoms with van der Waals surface area (Å²) < 4.78 is 41.9. The zero-order valence-corrected chi connectivity index (χ0v) is 12.6. The summed E-state index contributed by atoms with van der Waals surface area (Å²) in [7, 11) is 0. The van der Waals surface area contributed by atoms with Gasteiger partial charge in [0.15, 0.2) is 0 Å². The van der Waals surface area contributed by atoms with Crippen molar-refractivity contribution < 1.29 is 27.8 Å². The van der Waals surface area contributed by atoms with Crippen molar-refractivity contribution in [3.05, 3.63) is 65.0 Å². The Morgan fingerprint density at radius 1 is 1.17 bits per heavy atom. The molecular weight excluding hydrogens is 323 g/mol. The second-order valence-corrected chi connectivity index (χ2v) is 5.06. The molecule has 2 aromatic carbocycles. The Morgan fingerprint density at radius 2 is 1.96 bits per heavy atom. The number of halogens is 3. The first-order valence-electron chi connectivity index (χ1n) is 7.16. The molecule has 0 heterocycles. The average Bonchev–Trinajstić information content (AvgIpc) is 2.53. The van der Waals surface area contributed by atoms with Crippen LogP contribution in [0.4, 0.5) is 13.2 Å². The third kappa shape index (κ3) is 5.27. The number of benzene rings is 2. The number of ether oxygens (including phenoxy) is 1. The van der Waals surface area contributed by atoms with Crippen molar-refractivity contribution in [3.63, 3.8) is 0 Å². The maximum absolute atomic E-state index is 13.3. The second-order valence-electron chi connectivity index (χ2n) is 5.06. The van der Waals surface area contributed by atoms with E-state index in [-0.39, 0.29) is 30.2 Å². The summed E-state index contributed by atoms with van der Waals surface area (Å²) in [6.45, 7) is -3.18. The third-order valence-electron chi connectivity index (χ3n) is 3.26. The van der Waals surface area contributed by atoms with Crippen molar-refractivity contribution in [1.29, 1.82) is 0 Å². The van der Waals surface area contributed by atoms with Crippen molar-refractivity contribution >= 4 is 5.91 Å². The lowest BCUT2D eigenvalue weighted by molar-refractivity contribution is -0.120. The van der Waals surface area contributed by atoms with Crippen molar-refractivity contribution in [3.8, 4) is 5.75 Å². The van der Waals surface area contributed by atoms with E-state index in [2.05, 4.69) is 10.1 Å².